The molecule has 2 aliphatic heterocycles. The third-order valence-electron chi connectivity index (χ3n) is 4.56. The molecule has 0 fully saturated rings. The van der Waals surface area contributed by atoms with Gasteiger partial charge in [0.2, 0.25) is 0 Å². The molecule has 3 heterocycles. The molecular formula is C18H19N3O4S. The molecule has 0 radical (unpaired) electrons. The summed E-state index contributed by atoms with van der Waals surface area (Å²) in [6.45, 7) is 3.13. The number of amides is 2. The summed E-state index contributed by atoms with van der Waals surface area (Å²) in [6, 6.07) is 6.80. The zero-order chi connectivity index (χ0) is 18.3. The van der Waals surface area contributed by atoms with Crippen molar-refractivity contribution in [1.29, 1.82) is 0 Å². The summed E-state index contributed by atoms with van der Waals surface area (Å²) in [5.41, 5.74) is 2.46. The second kappa shape index (κ2) is 6.53. The summed E-state index contributed by atoms with van der Waals surface area (Å²) < 4.78 is 5.08. The molecule has 1 aromatic heterocycles. The van der Waals surface area contributed by atoms with Gasteiger partial charge < -0.3 is 25.4 Å². The standard InChI is InChI=1S/C18H19N3O4S/c1-2-25-18(24)21-7-6-12-13(9-21)26-17-14(12)16(23)19-15(20-17)10-4-3-5-11(22)8-10/h3-5,8,15,20,22H,2,6-7,9H2,1H3,(H,19,23)/t15-/m1/s1. The van der Waals surface area contributed by atoms with Crippen LogP contribution in [0, 0.1) is 0 Å². The van der Waals surface area contributed by atoms with E-state index < -0.39 is 6.17 Å². The predicted molar refractivity (Wildman–Crippen MR) is 97.4 cm³/mol. The van der Waals surface area contributed by atoms with E-state index in [-0.39, 0.29) is 17.7 Å². The van der Waals surface area contributed by atoms with Crippen molar-refractivity contribution >= 4 is 28.3 Å². The zero-order valence-electron chi connectivity index (χ0n) is 14.2. The molecule has 7 nitrogen and oxygen atoms in total. The van der Waals surface area contributed by atoms with Gasteiger partial charge in [-0.25, -0.2) is 4.79 Å². The molecule has 1 atom stereocenters. The van der Waals surface area contributed by atoms with E-state index in [2.05, 4.69) is 10.6 Å². The van der Waals surface area contributed by atoms with Gasteiger partial charge in [-0.3, -0.25) is 4.79 Å². The summed E-state index contributed by atoms with van der Waals surface area (Å²) in [4.78, 5) is 27.3. The van der Waals surface area contributed by atoms with Gasteiger partial charge in [-0.2, -0.15) is 0 Å². The highest BCUT2D eigenvalue weighted by molar-refractivity contribution is 7.16. The third-order valence-corrected chi connectivity index (χ3v) is 5.71. The van der Waals surface area contributed by atoms with E-state index in [4.69, 9.17) is 4.74 Å². The molecule has 4 rings (SSSR count). The fraction of sp³-hybridized carbons (Fsp3) is 0.333. The third kappa shape index (κ3) is 2.86. The lowest BCUT2D eigenvalue weighted by Crippen LogP contribution is -2.39. The summed E-state index contributed by atoms with van der Waals surface area (Å²) in [7, 11) is 0. The van der Waals surface area contributed by atoms with Gasteiger partial charge in [0.25, 0.3) is 5.91 Å². The maximum Gasteiger partial charge on any atom is 0.410 e. The van der Waals surface area contributed by atoms with Gasteiger partial charge in [0.05, 0.1) is 18.7 Å². The first kappa shape index (κ1) is 16.7. The van der Waals surface area contributed by atoms with Crippen LogP contribution in [0.5, 0.6) is 5.75 Å². The molecule has 8 heteroatoms. The number of hydrogen-bond acceptors (Lipinski definition) is 6. The van der Waals surface area contributed by atoms with Crippen molar-refractivity contribution in [2.45, 2.75) is 26.1 Å². The first-order valence-electron chi connectivity index (χ1n) is 8.49. The molecule has 3 N–H and O–H groups in total. The van der Waals surface area contributed by atoms with Gasteiger partial charge in [-0.15, -0.1) is 11.3 Å². The number of fused-ring (bicyclic) bond motifs is 3. The van der Waals surface area contributed by atoms with Crippen molar-refractivity contribution < 1.29 is 19.4 Å². The fourth-order valence-corrected chi connectivity index (χ4v) is 4.65. The van der Waals surface area contributed by atoms with E-state index in [9.17, 15) is 14.7 Å². The maximum absolute atomic E-state index is 12.7. The average Bonchev–Trinajstić information content (AvgIpc) is 2.99. The van der Waals surface area contributed by atoms with Crippen molar-refractivity contribution in [1.82, 2.24) is 10.2 Å². The van der Waals surface area contributed by atoms with Crippen LogP contribution >= 0.6 is 11.3 Å². The van der Waals surface area contributed by atoms with E-state index in [0.717, 1.165) is 21.0 Å². The largest absolute Gasteiger partial charge is 0.508 e. The van der Waals surface area contributed by atoms with Crippen LogP contribution in [0.4, 0.5) is 9.80 Å². The summed E-state index contributed by atoms with van der Waals surface area (Å²) in [5, 5.41) is 16.8. The Hall–Kier alpha value is -2.74. The fourth-order valence-electron chi connectivity index (χ4n) is 3.36. The molecule has 0 bridgehead atoms. The molecule has 2 aromatic rings. The van der Waals surface area contributed by atoms with Gasteiger partial charge >= 0.3 is 6.09 Å². The summed E-state index contributed by atoms with van der Waals surface area (Å²) in [5.74, 6) is 0.0223. The van der Waals surface area contributed by atoms with Gasteiger partial charge in [0.15, 0.2) is 0 Å². The van der Waals surface area contributed by atoms with Crippen LogP contribution < -0.4 is 10.6 Å². The summed E-state index contributed by atoms with van der Waals surface area (Å²) in [6.07, 6.45) is -0.0887. The molecular weight excluding hydrogens is 354 g/mol. The first-order chi connectivity index (χ1) is 12.6. The van der Waals surface area contributed by atoms with Crippen LogP contribution in [0.25, 0.3) is 0 Å². The smallest absolute Gasteiger partial charge is 0.410 e. The highest BCUT2D eigenvalue weighted by Crippen LogP contribution is 2.41. The summed E-state index contributed by atoms with van der Waals surface area (Å²) >= 11 is 1.50. The number of rotatable bonds is 2. The van der Waals surface area contributed by atoms with Crippen LogP contribution in [0.2, 0.25) is 0 Å². The lowest BCUT2D eigenvalue weighted by atomic mass is 10.0. The minimum absolute atomic E-state index is 0.130. The Bertz CT molecular complexity index is 879. The Kier molecular flexibility index (Phi) is 4.20. The van der Waals surface area contributed by atoms with E-state index in [1.165, 1.54) is 11.3 Å². The van der Waals surface area contributed by atoms with E-state index >= 15 is 0 Å². The van der Waals surface area contributed by atoms with Crippen molar-refractivity contribution in [3.05, 3.63) is 45.8 Å². The van der Waals surface area contributed by atoms with Crippen LogP contribution in [-0.2, 0) is 17.7 Å². The molecule has 26 heavy (non-hydrogen) atoms. The number of nitrogens with zero attached hydrogens (tertiary/aromatic N) is 1. The maximum atomic E-state index is 12.7. The van der Waals surface area contributed by atoms with Crippen molar-refractivity contribution in [2.75, 3.05) is 18.5 Å². The monoisotopic (exact) mass is 373 g/mol. The topological polar surface area (TPSA) is 90.9 Å². The highest BCUT2D eigenvalue weighted by atomic mass is 32.1. The number of phenolic OH excluding ortho intramolecular Hbond substituents is 1. The molecule has 0 aliphatic carbocycles. The quantitative estimate of drug-likeness (QED) is 0.753. The molecule has 136 valence electrons. The average molecular weight is 373 g/mol. The number of ether oxygens (including phenoxy) is 1. The van der Waals surface area contributed by atoms with Gasteiger partial charge in [-0.1, -0.05) is 12.1 Å². The molecule has 0 saturated heterocycles. The zero-order valence-corrected chi connectivity index (χ0v) is 15.1. The second-order valence-electron chi connectivity index (χ2n) is 6.22. The highest BCUT2D eigenvalue weighted by Gasteiger charge is 2.34. The first-order valence-corrected chi connectivity index (χ1v) is 9.31. The molecule has 2 amide bonds. The number of nitrogens with one attached hydrogen (secondary N) is 2. The lowest BCUT2D eigenvalue weighted by molar-refractivity contribution is 0.0934. The van der Waals surface area contributed by atoms with Crippen molar-refractivity contribution in [3.63, 3.8) is 0 Å². The normalized spacial score (nSPS) is 18.4. The lowest BCUT2D eigenvalue weighted by Gasteiger charge is -2.28. The van der Waals surface area contributed by atoms with Crippen LogP contribution in [0.1, 0.15) is 39.5 Å². The van der Waals surface area contributed by atoms with Gasteiger partial charge in [-0.05, 0) is 36.6 Å². The molecule has 1 aromatic carbocycles. The Labute approximate surface area is 154 Å². The Balaban J connectivity index is 1.61. The second-order valence-corrected chi connectivity index (χ2v) is 7.33. The van der Waals surface area contributed by atoms with E-state index in [0.29, 0.717) is 31.7 Å². The van der Waals surface area contributed by atoms with Gasteiger partial charge in [0, 0.05) is 11.4 Å². The van der Waals surface area contributed by atoms with E-state index in [1.54, 1.807) is 30.0 Å². The Morgan fingerprint density at radius 1 is 1.42 bits per heavy atom. The van der Waals surface area contributed by atoms with Crippen LogP contribution in [0.3, 0.4) is 0 Å². The van der Waals surface area contributed by atoms with Crippen molar-refractivity contribution in [2.24, 2.45) is 0 Å². The Morgan fingerprint density at radius 3 is 3.04 bits per heavy atom. The number of phenols is 1. The number of carbonyl (C=O) groups excluding carboxylic acids is 2. The number of thiophene rings is 1. The number of aromatic hydroxyl groups is 1. The van der Waals surface area contributed by atoms with Gasteiger partial charge in [0.1, 0.15) is 16.9 Å². The molecule has 0 unspecified atom stereocenters. The minimum Gasteiger partial charge on any atom is -0.508 e. The van der Waals surface area contributed by atoms with E-state index in [1.807, 2.05) is 6.07 Å². The van der Waals surface area contributed by atoms with Crippen LogP contribution in [-0.4, -0.2) is 35.2 Å². The predicted octanol–water partition coefficient (Wildman–Crippen LogP) is 2.82. The minimum atomic E-state index is -0.400. The molecule has 2 aliphatic rings. The molecule has 0 saturated carbocycles. The molecule has 0 spiro atoms. The number of carbonyl (C=O) groups is 2. The van der Waals surface area contributed by atoms with Crippen molar-refractivity contribution in [3.8, 4) is 5.75 Å². The SMILES string of the molecule is CCOC(=O)N1CCc2c(sc3c2C(=O)N[C@@H](c2cccc(O)c2)N3)C1. The number of benzene rings is 1. The number of anilines is 1. The Morgan fingerprint density at radius 2 is 2.27 bits per heavy atom. The van der Waals surface area contributed by atoms with Crippen LogP contribution in [0.15, 0.2) is 24.3 Å². The number of hydrogen-bond donors (Lipinski definition) is 3.